The molecule has 1 amide bonds. The van der Waals surface area contributed by atoms with Gasteiger partial charge in [0.2, 0.25) is 0 Å². The summed E-state index contributed by atoms with van der Waals surface area (Å²) < 4.78 is 53.8. The average Bonchev–Trinajstić information content (AvgIpc) is 2.49. The number of hydrogen-bond acceptors (Lipinski definition) is 2. The lowest BCUT2D eigenvalue weighted by molar-refractivity contribution is -0.274. The molecule has 3 nitrogen and oxygen atoms in total. The summed E-state index contributed by atoms with van der Waals surface area (Å²) in [7, 11) is 1.44. The first-order valence-corrected chi connectivity index (χ1v) is 7.09. The van der Waals surface area contributed by atoms with Crippen LogP contribution in [0.5, 0.6) is 5.75 Å². The van der Waals surface area contributed by atoms with E-state index in [1.54, 1.807) is 0 Å². The van der Waals surface area contributed by atoms with Gasteiger partial charge in [-0.1, -0.05) is 17.7 Å². The number of halogens is 5. The molecule has 8 heteroatoms. The second-order valence-corrected chi connectivity index (χ2v) is 5.34. The molecular formula is C16H12ClF4NO2. The molecule has 0 aromatic heterocycles. The third kappa shape index (κ3) is 4.61. The number of nitrogens with zero attached hydrogens (tertiary/aromatic N) is 1. The standard InChI is InChI=1S/C16H12ClF4NO2/c1-22(9-12-13(17)3-2-4-14(12)18)15(23)10-5-7-11(8-6-10)24-16(19,20)21/h2-8H,9H2,1H3. The van der Waals surface area contributed by atoms with Crippen LogP contribution in [0.4, 0.5) is 17.6 Å². The first-order valence-electron chi connectivity index (χ1n) is 6.71. The quantitative estimate of drug-likeness (QED) is 0.742. The van der Waals surface area contributed by atoms with Crippen LogP contribution in [0, 0.1) is 5.82 Å². The lowest BCUT2D eigenvalue weighted by Gasteiger charge is -2.19. The Kier molecular flexibility index (Phi) is 5.33. The maximum atomic E-state index is 13.7. The van der Waals surface area contributed by atoms with E-state index in [0.717, 1.165) is 12.1 Å². The third-order valence-corrected chi connectivity index (χ3v) is 3.49. The normalized spacial score (nSPS) is 11.2. The van der Waals surface area contributed by atoms with Gasteiger partial charge in [-0.25, -0.2) is 4.39 Å². The van der Waals surface area contributed by atoms with E-state index in [2.05, 4.69) is 4.74 Å². The summed E-state index contributed by atoms with van der Waals surface area (Å²) in [6, 6.07) is 8.63. The summed E-state index contributed by atoms with van der Waals surface area (Å²) in [6.45, 7) is -0.0782. The van der Waals surface area contributed by atoms with Crippen molar-refractivity contribution < 1.29 is 27.1 Å². The van der Waals surface area contributed by atoms with Gasteiger partial charge < -0.3 is 9.64 Å². The molecule has 0 aliphatic heterocycles. The lowest BCUT2D eigenvalue weighted by atomic mass is 10.1. The second-order valence-electron chi connectivity index (χ2n) is 4.93. The highest BCUT2D eigenvalue weighted by Crippen LogP contribution is 2.24. The first kappa shape index (κ1) is 18.1. The van der Waals surface area contributed by atoms with Gasteiger partial charge in [0.25, 0.3) is 5.91 Å². The highest BCUT2D eigenvalue weighted by atomic mass is 35.5. The average molecular weight is 362 g/mol. The Labute approximate surface area is 140 Å². The predicted octanol–water partition coefficient (Wildman–Crippen LogP) is 4.65. The molecule has 24 heavy (non-hydrogen) atoms. The van der Waals surface area contributed by atoms with E-state index in [1.165, 1.54) is 42.3 Å². The number of amides is 1. The summed E-state index contributed by atoms with van der Waals surface area (Å²) in [5, 5.41) is 0.184. The number of benzene rings is 2. The highest BCUT2D eigenvalue weighted by molar-refractivity contribution is 6.31. The Morgan fingerprint density at radius 2 is 1.79 bits per heavy atom. The molecule has 0 fully saturated rings. The van der Waals surface area contributed by atoms with Crippen molar-refractivity contribution >= 4 is 17.5 Å². The predicted molar refractivity (Wildman–Crippen MR) is 80.3 cm³/mol. The van der Waals surface area contributed by atoms with Gasteiger partial charge >= 0.3 is 6.36 Å². The number of carbonyl (C=O) groups excluding carboxylic acids is 1. The van der Waals surface area contributed by atoms with Gasteiger partial charge in [-0.05, 0) is 36.4 Å². The number of hydrogen-bond donors (Lipinski definition) is 0. The molecule has 2 aromatic rings. The van der Waals surface area contributed by atoms with Crippen molar-refractivity contribution in [1.29, 1.82) is 0 Å². The molecule has 0 radical (unpaired) electrons. The van der Waals surface area contributed by atoms with Crippen molar-refractivity contribution in [3.05, 3.63) is 64.4 Å². The lowest BCUT2D eigenvalue weighted by Crippen LogP contribution is -2.26. The SMILES string of the molecule is CN(Cc1c(F)cccc1Cl)C(=O)c1ccc(OC(F)(F)F)cc1. The van der Waals surface area contributed by atoms with Crippen molar-refractivity contribution in [2.75, 3.05) is 7.05 Å². The topological polar surface area (TPSA) is 29.5 Å². The van der Waals surface area contributed by atoms with Crippen molar-refractivity contribution in [3.8, 4) is 5.75 Å². The van der Waals surface area contributed by atoms with Crippen molar-refractivity contribution in [3.63, 3.8) is 0 Å². The largest absolute Gasteiger partial charge is 0.573 e. The minimum absolute atomic E-state index is 0.0782. The van der Waals surface area contributed by atoms with E-state index in [-0.39, 0.29) is 22.7 Å². The van der Waals surface area contributed by atoms with Gasteiger partial charge in [0, 0.05) is 29.7 Å². The fraction of sp³-hybridized carbons (Fsp3) is 0.188. The van der Waals surface area contributed by atoms with E-state index >= 15 is 0 Å². The molecule has 0 aliphatic carbocycles. The molecule has 0 spiro atoms. The molecule has 0 saturated carbocycles. The van der Waals surface area contributed by atoms with E-state index in [4.69, 9.17) is 11.6 Å². The summed E-state index contributed by atoms with van der Waals surface area (Å²) in [5.41, 5.74) is 0.298. The number of carbonyl (C=O) groups is 1. The second kappa shape index (κ2) is 7.09. The molecule has 0 atom stereocenters. The monoisotopic (exact) mass is 361 g/mol. The van der Waals surface area contributed by atoms with Crippen molar-refractivity contribution in [2.45, 2.75) is 12.9 Å². The molecule has 0 aliphatic rings. The van der Waals surface area contributed by atoms with Crippen LogP contribution in [-0.2, 0) is 6.54 Å². The van der Waals surface area contributed by atoms with Crippen LogP contribution in [0.1, 0.15) is 15.9 Å². The molecule has 128 valence electrons. The molecule has 0 heterocycles. The number of rotatable bonds is 4. The van der Waals surface area contributed by atoms with E-state index in [1.807, 2.05) is 0 Å². The fourth-order valence-corrected chi connectivity index (χ4v) is 2.23. The number of ether oxygens (including phenoxy) is 1. The van der Waals surface area contributed by atoms with Crippen LogP contribution >= 0.6 is 11.6 Å². The Morgan fingerprint density at radius 1 is 1.17 bits per heavy atom. The first-order chi connectivity index (χ1) is 11.2. The summed E-state index contributed by atoms with van der Waals surface area (Å²) >= 11 is 5.91. The van der Waals surface area contributed by atoms with E-state index in [9.17, 15) is 22.4 Å². The highest BCUT2D eigenvalue weighted by Gasteiger charge is 2.31. The van der Waals surface area contributed by atoms with Crippen LogP contribution in [0.15, 0.2) is 42.5 Å². The van der Waals surface area contributed by atoms with Crippen LogP contribution in [0.3, 0.4) is 0 Å². The van der Waals surface area contributed by atoms with Crippen molar-refractivity contribution in [2.24, 2.45) is 0 Å². The van der Waals surface area contributed by atoms with Crippen LogP contribution in [0.25, 0.3) is 0 Å². The molecule has 2 aromatic carbocycles. The zero-order chi connectivity index (χ0) is 17.9. The Morgan fingerprint density at radius 3 is 2.33 bits per heavy atom. The Bertz CT molecular complexity index is 712. The Balaban J connectivity index is 2.11. The van der Waals surface area contributed by atoms with Crippen molar-refractivity contribution in [1.82, 2.24) is 4.90 Å². The maximum absolute atomic E-state index is 13.7. The smallest absolute Gasteiger partial charge is 0.406 e. The molecule has 0 unspecified atom stereocenters. The third-order valence-electron chi connectivity index (χ3n) is 3.14. The van der Waals surface area contributed by atoms with Gasteiger partial charge in [0.15, 0.2) is 0 Å². The molecule has 2 rings (SSSR count). The van der Waals surface area contributed by atoms with Gasteiger partial charge in [0.1, 0.15) is 11.6 Å². The zero-order valence-electron chi connectivity index (χ0n) is 12.4. The summed E-state index contributed by atoms with van der Waals surface area (Å²) in [4.78, 5) is 13.5. The Hall–Kier alpha value is -2.28. The maximum Gasteiger partial charge on any atom is 0.573 e. The van der Waals surface area contributed by atoms with E-state index in [0.29, 0.717) is 0 Å². The summed E-state index contributed by atoms with van der Waals surface area (Å²) in [5.74, 6) is -1.47. The van der Waals surface area contributed by atoms with Crippen LogP contribution in [-0.4, -0.2) is 24.2 Å². The van der Waals surface area contributed by atoms with Crippen LogP contribution in [0.2, 0.25) is 5.02 Å². The van der Waals surface area contributed by atoms with Crippen LogP contribution < -0.4 is 4.74 Å². The van der Waals surface area contributed by atoms with E-state index < -0.39 is 23.8 Å². The number of alkyl halides is 3. The molecule has 0 bridgehead atoms. The van der Waals surface area contributed by atoms with Gasteiger partial charge in [-0.15, -0.1) is 13.2 Å². The minimum Gasteiger partial charge on any atom is -0.406 e. The minimum atomic E-state index is -4.80. The van der Waals surface area contributed by atoms with Gasteiger partial charge in [-0.2, -0.15) is 0 Å². The van der Waals surface area contributed by atoms with Gasteiger partial charge in [0.05, 0.1) is 0 Å². The molecule has 0 saturated heterocycles. The van der Waals surface area contributed by atoms with Gasteiger partial charge in [-0.3, -0.25) is 4.79 Å². The summed E-state index contributed by atoms with van der Waals surface area (Å²) in [6.07, 6.45) is -4.80. The zero-order valence-corrected chi connectivity index (χ0v) is 13.2. The molecule has 0 N–H and O–H groups in total. The fourth-order valence-electron chi connectivity index (χ4n) is 2.01. The molecular weight excluding hydrogens is 350 g/mol.